The topological polar surface area (TPSA) is 60.7 Å². The van der Waals surface area contributed by atoms with E-state index >= 15 is 0 Å². The van der Waals surface area contributed by atoms with Gasteiger partial charge in [0, 0.05) is 12.5 Å². The third-order valence-electron chi connectivity index (χ3n) is 3.40. The van der Waals surface area contributed by atoms with Crippen LogP contribution in [0, 0.1) is 17.8 Å². The fraction of sp³-hybridized carbons (Fsp3) is 1.00. The van der Waals surface area contributed by atoms with E-state index < -0.39 is 12.2 Å². The molecule has 0 heterocycles. The summed E-state index contributed by atoms with van der Waals surface area (Å²) in [5.41, 5.74) is 0. The molecule has 0 aliphatic heterocycles. The van der Waals surface area contributed by atoms with E-state index in [0.29, 0.717) is 12.8 Å². The Bertz CT molecular complexity index is 148. The highest BCUT2D eigenvalue weighted by Gasteiger charge is 2.34. The molecule has 13 heavy (non-hydrogen) atoms. The largest absolute Gasteiger partial charge is 0.396 e. The molecule has 0 spiro atoms. The molecule has 0 bridgehead atoms. The molecule has 0 radical (unpaired) electrons. The van der Waals surface area contributed by atoms with Crippen molar-refractivity contribution < 1.29 is 15.3 Å². The molecule has 3 atom stereocenters. The molecule has 0 saturated heterocycles. The Morgan fingerprint density at radius 3 is 2.08 bits per heavy atom. The molecule has 3 N–H and O–H groups in total. The van der Waals surface area contributed by atoms with E-state index in [-0.39, 0.29) is 24.4 Å². The van der Waals surface area contributed by atoms with Gasteiger partial charge in [-0.3, -0.25) is 0 Å². The third-order valence-corrected chi connectivity index (χ3v) is 3.40. The highest BCUT2D eigenvalue weighted by Crippen LogP contribution is 2.33. The summed E-state index contributed by atoms with van der Waals surface area (Å²) in [6, 6.07) is 0. The average molecular weight is 188 g/mol. The van der Waals surface area contributed by atoms with E-state index in [4.69, 9.17) is 5.11 Å². The van der Waals surface area contributed by atoms with Crippen LogP contribution in [0.1, 0.15) is 26.7 Å². The Hall–Kier alpha value is -0.120. The van der Waals surface area contributed by atoms with Gasteiger partial charge in [0.05, 0.1) is 12.2 Å². The van der Waals surface area contributed by atoms with Gasteiger partial charge in [-0.2, -0.15) is 0 Å². The summed E-state index contributed by atoms with van der Waals surface area (Å²) >= 11 is 0. The van der Waals surface area contributed by atoms with Gasteiger partial charge in [0.2, 0.25) is 0 Å². The fourth-order valence-electron chi connectivity index (χ4n) is 2.02. The summed E-state index contributed by atoms with van der Waals surface area (Å²) in [7, 11) is 0. The van der Waals surface area contributed by atoms with Crippen LogP contribution in [-0.2, 0) is 0 Å². The van der Waals surface area contributed by atoms with Gasteiger partial charge >= 0.3 is 0 Å². The van der Waals surface area contributed by atoms with Crippen LogP contribution in [0.5, 0.6) is 0 Å². The maximum Gasteiger partial charge on any atom is 0.0593 e. The number of aliphatic hydroxyl groups is 3. The van der Waals surface area contributed by atoms with E-state index in [1.165, 1.54) is 0 Å². The average Bonchev–Trinajstić information content (AvgIpc) is 2.12. The highest BCUT2D eigenvalue weighted by atomic mass is 16.3. The van der Waals surface area contributed by atoms with Gasteiger partial charge < -0.3 is 15.3 Å². The van der Waals surface area contributed by atoms with Gasteiger partial charge in [-0.15, -0.1) is 0 Å². The van der Waals surface area contributed by atoms with Crippen LogP contribution in [0.25, 0.3) is 0 Å². The van der Waals surface area contributed by atoms with Crippen LogP contribution in [-0.4, -0.2) is 34.1 Å². The fourth-order valence-corrected chi connectivity index (χ4v) is 2.02. The second-order valence-corrected chi connectivity index (χ2v) is 4.39. The Morgan fingerprint density at radius 1 is 1.23 bits per heavy atom. The van der Waals surface area contributed by atoms with Crippen molar-refractivity contribution in [3.05, 3.63) is 0 Å². The quantitative estimate of drug-likeness (QED) is 0.587. The Kier molecular flexibility index (Phi) is 3.71. The maximum absolute atomic E-state index is 9.62. The van der Waals surface area contributed by atoms with Crippen molar-refractivity contribution in [2.45, 2.75) is 38.9 Å². The Balaban J connectivity index is 2.53. The summed E-state index contributed by atoms with van der Waals surface area (Å²) in [6.45, 7) is 3.97. The molecule has 3 unspecified atom stereocenters. The maximum atomic E-state index is 9.62. The monoisotopic (exact) mass is 188 g/mol. The molecule has 78 valence electrons. The molecular formula is C10H20O3. The number of rotatable bonds is 2. The summed E-state index contributed by atoms with van der Waals surface area (Å²) in [5, 5.41) is 28.2. The number of hydrogen-bond donors (Lipinski definition) is 3. The minimum absolute atomic E-state index is 0.0258. The number of aliphatic hydroxyl groups excluding tert-OH is 3. The Morgan fingerprint density at radius 2 is 1.69 bits per heavy atom. The van der Waals surface area contributed by atoms with E-state index in [1.54, 1.807) is 0 Å². The molecule has 1 rings (SSSR count). The molecule has 1 aliphatic rings. The van der Waals surface area contributed by atoms with Gasteiger partial charge in [-0.25, -0.2) is 0 Å². The van der Waals surface area contributed by atoms with Crippen molar-refractivity contribution >= 4 is 0 Å². The van der Waals surface area contributed by atoms with Crippen LogP contribution < -0.4 is 0 Å². The second-order valence-electron chi connectivity index (χ2n) is 4.39. The van der Waals surface area contributed by atoms with Crippen LogP contribution in [0.2, 0.25) is 0 Å². The lowest BCUT2D eigenvalue weighted by Gasteiger charge is -2.37. The molecule has 1 fully saturated rings. The zero-order valence-electron chi connectivity index (χ0n) is 8.35. The van der Waals surface area contributed by atoms with Gasteiger partial charge in [-0.05, 0) is 24.7 Å². The van der Waals surface area contributed by atoms with Crippen molar-refractivity contribution in [3.63, 3.8) is 0 Å². The number of hydrogen-bond acceptors (Lipinski definition) is 3. The van der Waals surface area contributed by atoms with Crippen molar-refractivity contribution in [2.24, 2.45) is 17.8 Å². The second kappa shape index (κ2) is 4.40. The molecule has 1 saturated carbocycles. The predicted octanol–water partition coefficient (Wildman–Crippen LogP) is 0.383. The smallest absolute Gasteiger partial charge is 0.0593 e. The van der Waals surface area contributed by atoms with E-state index in [1.807, 2.05) is 13.8 Å². The zero-order chi connectivity index (χ0) is 10.0. The predicted molar refractivity (Wildman–Crippen MR) is 50.2 cm³/mol. The van der Waals surface area contributed by atoms with E-state index in [2.05, 4.69) is 0 Å². The molecular weight excluding hydrogens is 168 g/mol. The zero-order valence-corrected chi connectivity index (χ0v) is 8.35. The summed E-state index contributed by atoms with van der Waals surface area (Å²) < 4.78 is 0. The van der Waals surface area contributed by atoms with Crippen LogP contribution in [0.4, 0.5) is 0 Å². The molecule has 3 nitrogen and oxygen atoms in total. The third kappa shape index (κ3) is 2.42. The summed E-state index contributed by atoms with van der Waals surface area (Å²) in [4.78, 5) is 0. The van der Waals surface area contributed by atoms with Gasteiger partial charge in [0.15, 0.2) is 0 Å². The van der Waals surface area contributed by atoms with Crippen LogP contribution in [0.15, 0.2) is 0 Å². The van der Waals surface area contributed by atoms with Gasteiger partial charge in [0.1, 0.15) is 0 Å². The standard InChI is InChI=1S/C10H20O3/c1-6(5-11)8-3-9(12)7(2)10(13)4-8/h6-13H,3-5H2,1-2H3. The van der Waals surface area contributed by atoms with Crippen molar-refractivity contribution in [1.29, 1.82) is 0 Å². The van der Waals surface area contributed by atoms with Crippen molar-refractivity contribution in [3.8, 4) is 0 Å². The molecule has 0 aromatic carbocycles. The highest BCUT2D eigenvalue weighted by molar-refractivity contribution is 4.85. The molecule has 0 amide bonds. The van der Waals surface area contributed by atoms with E-state index in [9.17, 15) is 10.2 Å². The minimum Gasteiger partial charge on any atom is -0.396 e. The van der Waals surface area contributed by atoms with Crippen molar-refractivity contribution in [1.82, 2.24) is 0 Å². The van der Waals surface area contributed by atoms with E-state index in [0.717, 1.165) is 0 Å². The molecule has 0 aromatic rings. The lowest BCUT2D eigenvalue weighted by atomic mass is 9.74. The van der Waals surface area contributed by atoms with Crippen LogP contribution in [0.3, 0.4) is 0 Å². The first kappa shape index (κ1) is 11.0. The minimum atomic E-state index is -0.414. The normalized spacial score (nSPS) is 43.2. The van der Waals surface area contributed by atoms with Crippen molar-refractivity contribution in [2.75, 3.05) is 6.61 Å². The molecule has 3 heteroatoms. The lowest BCUT2D eigenvalue weighted by molar-refractivity contribution is -0.0512. The van der Waals surface area contributed by atoms with Gasteiger partial charge in [0.25, 0.3) is 0 Å². The van der Waals surface area contributed by atoms with Gasteiger partial charge in [-0.1, -0.05) is 13.8 Å². The van der Waals surface area contributed by atoms with Crippen LogP contribution >= 0.6 is 0 Å². The molecule has 1 aliphatic carbocycles. The SMILES string of the molecule is CC(CO)C1CC(O)C(C)C(O)C1. The first-order valence-corrected chi connectivity index (χ1v) is 5.03. The Labute approximate surface area is 79.4 Å². The lowest BCUT2D eigenvalue weighted by Crippen LogP contribution is -2.40. The summed E-state index contributed by atoms with van der Waals surface area (Å²) in [6.07, 6.45) is 0.588. The summed E-state index contributed by atoms with van der Waals surface area (Å²) in [5.74, 6) is 0.408. The first-order chi connectivity index (χ1) is 6.06. The first-order valence-electron chi connectivity index (χ1n) is 5.03. The molecule has 0 aromatic heterocycles.